The van der Waals surface area contributed by atoms with Gasteiger partial charge in [-0.1, -0.05) is 6.07 Å². The molecule has 1 aliphatic heterocycles. The predicted octanol–water partition coefficient (Wildman–Crippen LogP) is 4.67. The van der Waals surface area contributed by atoms with E-state index in [0.29, 0.717) is 48.3 Å². The molecule has 1 heterocycles. The van der Waals surface area contributed by atoms with Gasteiger partial charge in [-0.25, -0.2) is 4.79 Å². The van der Waals surface area contributed by atoms with E-state index in [1.807, 2.05) is 24.3 Å². The second-order valence-electron chi connectivity index (χ2n) is 8.18. The maximum absolute atomic E-state index is 12.5. The van der Waals surface area contributed by atoms with Crippen LogP contribution in [0, 0.1) is 0 Å². The van der Waals surface area contributed by atoms with E-state index < -0.39 is 0 Å². The molecular formula is C25H33Cl2N5O3. The third-order valence-corrected chi connectivity index (χ3v) is 5.92. The Morgan fingerprint density at radius 1 is 0.886 bits per heavy atom. The fourth-order valence-corrected chi connectivity index (χ4v) is 4.22. The number of nitrogens with one attached hydrogen (secondary N) is 3. The second kappa shape index (κ2) is 14.8. The Kier molecular flexibility index (Phi) is 11.4. The van der Waals surface area contributed by atoms with E-state index in [2.05, 4.69) is 25.8 Å². The Balaban J connectivity index is 1.45. The number of anilines is 4. The number of ether oxygens (including phenoxy) is 1. The topological polar surface area (TPSA) is 85.9 Å². The highest BCUT2D eigenvalue weighted by atomic mass is 35.5. The van der Waals surface area contributed by atoms with Crippen LogP contribution in [-0.4, -0.2) is 74.5 Å². The summed E-state index contributed by atoms with van der Waals surface area (Å²) in [6, 6.07) is 14.2. The molecule has 1 aliphatic rings. The van der Waals surface area contributed by atoms with Gasteiger partial charge in [0.1, 0.15) is 0 Å². The highest BCUT2D eigenvalue weighted by molar-refractivity contribution is 6.18. The molecule has 0 unspecified atom stereocenters. The number of nitrogens with zero attached hydrogens (tertiary/aromatic N) is 2. The summed E-state index contributed by atoms with van der Waals surface area (Å²) in [5, 5.41) is 8.52. The van der Waals surface area contributed by atoms with Crippen LogP contribution >= 0.6 is 23.2 Å². The van der Waals surface area contributed by atoms with E-state index >= 15 is 0 Å². The van der Waals surface area contributed by atoms with Crippen LogP contribution in [-0.2, 0) is 9.53 Å². The van der Waals surface area contributed by atoms with Crippen molar-refractivity contribution in [2.75, 3.05) is 78.5 Å². The Labute approximate surface area is 216 Å². The molecule has 0 aliphatic carbocycles. The van der Waals surface area contributed by atoms with Crippen molar-refractivity contribution in [3.63, 3.8) is 0 Å². The summed E-state index contributed by atoms with van der Waals surface area (Å²) in [5.74, 6) is 0.970. The van der Waals surface area contributed by atoms with Crippen molar-refractivity contribution < 1.29 is 14.3 Å². The monoisotopic (exact) mass is 521 g/mol. The lowest BCUT2D eigenvalue weighted by Crippen LogP contribution is -2.37. The number of halogens is 2. The van der Waals surface area contributed by atoms with Crippen LogP contribution in [0.1, 0.15) is 12.8 Å². The molecule has 3 N–H and O–H groups in total. The van der Waals surface area contributed by atoms with E-state index in [1.165, 1.54) is 0 Å². The molecular weight excluding hydrogens is 489 g/mol. The first-order chi connectivity index (χ1) is 17.1. The molecule has 0 aromatic heterocycles. The van der Waals surface area contributed by atoms with Crippen LogP contribution in [0.3, 0.4) is 0 Å². The van der Waals surface area contributed by atoms with Gasteiger partial charge in [0, 0.05) is 67.1 Å². The van der Waals surface area contributed by atoms with Gasteiger partial charge in [-0.15, -0.1) is 23.2 Å². The predicted molar refractivity (Wildman–Crippen MR) is 144 cm³/mol. The number of morpholine rings is 1. The van der Waals surface area contributed by atoms with Crippen molar-refractivity contribution in [2.45, 2.75) is 12.8 Å². The van der Waals surface area contributed by atoms with Crippen LogP contribution in [0.25, 0.3) is 0 Å². The average Bonchev–Trinajstić information content (AvgIpc) is 2.85. The Morgan fingerprint density at radius 3 is 2.17 bits per heavy atom. The molecule has 2 aromatic rings. The summed E-state index contributed by atoms with van der Waals surface area (Å²) in [4.78, 5) is 29.2. The number of hydrogen-bond donors (Lipinski definition) is 3. The summed E-state index contributed by atoms with van der Waals surface area (Å²) in [6.45, 7) is 5.63. The molecule has 35 heavy (non-hydrogen) atoms. The van der Waals surface area contributed by atoms with Crippen LogP contribution in [0.4, 0.5) is 27.5 Å². The highest BCUT2D eigenvalue weighted by Gasteiger charge is 2.11. The van der Waals surface area contributed by atoms with Gasteiger partial charge in [0.05, 0.1) is 13.2 Å². The molecule has 0 atom stereocenters. The molecule has 0 radical (unpaired) electrons. The fraction of sp³-hybridized carbons (Fsp3) is 0.440. The first-order valence-corrected chi connectivity index (χ1v) is 12.9. The Bertz CT molecular complexity index is 933. The summed E-state index contributed by atoms with van der Waals surface area (Å²) in [6.07, 6.45) is 1.24. The lowest BCUT2D eigenvalue weighted by Gasteiger charge is -2.26. The van der Waals surface area contributed by atoms with Crippen LogP contribution < -0.4 is 20.9 Å². The zero-order valence-corrected chi connectivity index (χ0v) is 21.3. The standard InChI is InChI=1S/C25H33Cl2N5O3/c26-10-13-32(14-11-27)23-8-6-20(7-9-23)29-25(34)30-22-4-1-3-21(19-22)28-24(33)5-2-12-31-15-17-35-18-16-31/h1,3-4,6-9,19H,2,5,10-18H2,(H,28,33)(H2,29,30,34). The van der Waals surface area contributed by atoms with Crippen molar-refractivity contribution in [1.82, 2.24) is 4.90 Å². The number of carbonyl (C=O) groups is 2. The Hall–Kier alpha value is -2.52. The lowest BCUT2D eigenvalue weighted by molar-refractivity contribution is -0.116. The third kappa shape index (κ3) is 9.57. The van der Waals surface area contributed by atoms with E-state index in [9.17, 15) is 9.59 Å². The number of rotatable bonds is 12. The molecule has 0 bridgehead atoms. The zero-order chi connectivity index (χ0) is 24.9. The largest absolute Gasteiger partial charge is 0.379 e. The molecule has 190 valence electrons. The van der Waals surface area contributed by atoms with Crippen molar-refractivity contribution in [3.8, 4) is 0 Å². The minimum atomic E-state index is -0.370. The maximum Gasteiger partial charge on any atom is 0.323 e. The van der Waals surface area contributed by atoms with E-state index in [1.54, 1.807) is 24.3 Å². The lowest BCUT2D eigenvalue weighted by atomic mass is 10.2. The fourth-order valence-electron chi connectivity index (χ4n) is 3.81. The Morgan fingerprint density at radius 2 is 1.51 bits per heavy atom. The zero-order valence-electron chi connectivity index (χ0n) is 19.8. The van der Waals surface area contributed by atoms with Crippen LogP contribution in [0.5, 0.6) is 0 Å². The number of hydrogen-bond acceptors (Lipinski definition) is 5. The smallest absolute Gasteiger partial charge is 0.323 e. The quantitative estimate of drug-likeness (QED) is 0.353. The van der Waals surface area contributed by atoms with Crippen molar-refractivity contribution in [1.29, 1.82) is 0 Å². The molecule has 1 fully saturated rings. The number of urea groups is 1. The molecule has 3 rings (SSSR count). The van der Waals surface area contributed by atoms with Gasteiger partial charge in [0.15, 0.2) is 0 Å². The van der Waals surface area contributed by atoms with Crippen molar-refractivity contribution >= 4 is 57.9 Å². The van der Waals surface area contributed by atoms with Crippen LogP contribution in [0.2, 0.25) is 0 Å². The van der Waals surface area contributed by atoms with Gasteiger partial charge in [-0.05, 0) is 55.4 Å². The summed E-state index contributed by atoms with van der Waals surface area (Å²) in [5.41, 5.74) is 2.88. The van der Waals surface area contributed by atoms with Gasteiger partial charge >= 0.3 is 6.03 Å². The van der Waals surface area contributed by atoms with Crippen molar-refractivity contribution in [3.05, 3.63) is 48.5 Å². The SMILES string of the molecule is O=C(CCCN1CCOCC1)Nc1cccc(NC(=O)Nc2ccc(N(CCCl)CCCl)cc2)c1. The van der Waals surface area contributed by atoms with Gasteiger partial charge < -0.3 is 25.6 Å². The molecule has 1 saturated heterocycles. The summed E-state index contributed by atoms with van der Waals surface area (Å²) >= 11 is 11.7. The third-order valence-electron chi connectivity index (χ3n) is 5.59. The number of carbonyl (C=O) groups excluding carboxylic acids is 2. The molecule has 0 saturated carbocycles. The molecule has 8 nitrogen and oxygen atoms in total. The molecule has 10 heteroatoms. The van der Waals surface area contributed by atoms with Gasteiger partial charge in [0.2, 0.25) is 5.91 Å². The second-order valence-corrected chi connectivity index (χ2v) is 8.93. The number of alkyl halides is 2. The van der Waals surface area contributed by atoms with Gasteiger partial charge in [-0.2, -0.15) is 0 Å². The molecule has 2 aromatic carbocycles. The maximum atomic E-state index is 12.5. The number of benzene rings is 2. The highest BCUT2D eigenvalue weighted by Crippen LogP contribution is 2.20. The minimum Gasteiger partial charge on any atom is -0.379 e. The van der Waals surface area contributed by atoms with Gasteiger partial charge in [-0.3, -0.25) is 9.69 Å². The first kappa shape index (κ1) is 27.1. The number of amides is 3. The van der Waals surface area contributed by atoms with E-state index in [-0.39, 0.29) is 11.9 Å². The molecule has 0 spiro atoms. The first-order valence-electron chi connectivity index (χ1n) is 11.8. The molecule has 3 amide bonds. The average molecular weight is 522 g/mol. The van der Waals surface area contributed by atoms with Crippen molar-refractivity contribution in [2.24, 2.45) is 0 Å². The summed E-state index contributed by atoms with van der Waals surface area (Å²) in [7, 11) is 0. The van der Waals surface area contributed by atoms with Crippen LogP contribution in [0.15, 0.2) is 48.5 Å². The minimum absolute atomic E-state index is 0.0441. The van der Waals surface area contributed by atoms with Gasteiger partial charge in [0.25, 0.3) is 0 Å². The normalized spacial score (nSPS) is 13.8. The van der Waals surface area contributed by atoms with E-state index in [4.69, 9.17) is 27.9 Å². The summed E-state index contributed by atoms with van der Waals surface area (Å²) < 4.78 is 5.34. The van der Waals surface area contributed by atoms with E-state index in [0.717, 1.165) is 45.0 Å².